The van der Waals surface area contributed by atoms with E-state index in [0.29, 0.717) is 0 Å². The lowest BCUT2D eigenvalue weighted by molar-refractivity contribution is 0.418. The molecule has 0 aliphatic carbocycles. The van der Waals surface area contributed by atoms with Gasteiger partial charge in [0.1, 0.15) is 6.80 Å². The van der Waals surface area contributed by atoms with Crippen LogP contribution in [0.4, 0.5) is 4.39 Å². The smallest absolute Gasteiger partial charge is 0.140 e. The number of hydrogen-bond donors (Lipinski definition) is 1. The van der Waals surface area contributed by atoms with Crippen molar-refractivity contribution in [2.75, 3.05) is 13.3 Å². The van der Waals surface area contributed by atoms with Crippen LogP contribution in [0, 0.1) is 0 Å². The second kappa shape index (κ2) is 10.9. The summed E-state index contributed by atoms with van der Waals surface area (Å²) in [6.45, 7) is 2.69. The van der Waals surface area contributed by atoms with Gasteiger partial charge in [0.15, 0.2) is 0 Å². The van der Waals surface area contributed by atoms with Crippen LogP contribution in [0.2, 0.25) is 0 Å². The van der Waals surface area contributed by atoms with E-state index in [1.54, 1.807) is 0 Å². The van der Waals surface area contributed by atoms with E-state index in [1.807, 2.05) is 0 Å². The van der Waals surface area contributed by atoms with Crippen molar-refractivity contribution < 1.29 is 4.39 Å². The predicted octanol–water partition coefficient (Wildman–Crippen LogP) is 3.25. The van der Waals surface area contributed by atoms with Gasteiger partial charge >= 0.3 is 0 Å². The highest BCUT2D eigenvalue weighted by molar-refractivity contribution is 4.46. The molecule has 0 atom stereocenters. The predicted molar refractivity (Wildman–Crippen MR) is 52.0 cm³/mol. The van der Waals surface area contributed by atoms with Gasteiger partial charge < -0.3 is 0 Å². The molecule has 0 amide bonds. The summed E-state index contributed by atoms with van der Waals surface area (Å²) in [7, 11) is 0. The molecular formula is C10H22FN. The lowest BCUT2D eigenvalue weighted by atomic mass is 10.1. The van der Waals surface area contributed by atoms with Crippen molar-refractivity contribution in [2.24, 2.45) is 0 Å². The minimum Gasteiger partial charge on any atom is -0.290 e. The van der Waals surface area contributed by atoms with Crippen molar-refractivity contribution in [3.05, 3.63) is 0 Å². The summed E-state index contributed by atoms with van der Waals surface area (Å²) in [6, 6.07) is 0. The first kappa shape index (κ1) is 11.9. The standard InChI is InChI=1S/C10H22FN/c1-2-3-4-5-6-7-8-9-12-10-11/h12H,2-10H2,1H3. The maximum atomic E-state index is 11.6. The molecule has 0 radical (unpaired) electrons. The van der Waals surface area contributed by atoms with E-state index < -0.39 is 0 Å². The minimum atomic E-state index is -0.379. The number of nitrogens with one attached hydrogen (secondary N) is 1. The van der Waals surface area contributed by atoms with E-state index in [-0.39, 0.29) is 6.80 Å². The highest BCUT2D eigenvalue weighted by Crippen LogP contribution is 2.05. The van der Waals surface area contributed by atoms with Crippen molar-refractivity contribution in [1.82, 2.24) is 5.32 Å². The second-order valence-electron chi connectivity index (χ2n) is 3.25. The topological polar surface area (TPSA) is 12.0 Å². The minimum absolute atomic E-state index is 0.379. The number of halogens is 1. The Bertz CT molecular complexity index is 66.2. The molecule has 0 aliphatic heterocycles. The average molecular weight is 175 g/mol. The number of unbranched alkanes of at least 4 members (excludes halogenated alkanes) is 6. The highest BCUT2D eigenvalue weighted by atomic mass is 19.1. The van der Waals surface area contributed by atoms with Crippen LogP contribution in [0.15, 0.2) is 0 Å². The Labute approximate surface area is 75.7 Å². The Hall–Kier alpha value is -0.110. The Morgan fingerprint density at radius 3 is 2.08 bits per heavy atom. The molecule has 0 heterocycles. The van der Waals surface area contributed by atoms with Gasteiger partial charge in [-0.2, -0.15) is 0 Å². The largest absolute Gasteiger partial charge is 0.290 e. The molecule has 0 aromatic rings. The fraction of sp³-hybridized carbons (Fsp3) is 1.00. The van der Waals surface area contributed by atoms with E-state index in [4.69, 9.17) is 0 Å². The van der Waals surface area contributed by atoms with Crippen molar-refractivity contribution in [3.63, 3.8) is 0 Å². The summed E-state index contributed by atoms with van der Waals surface area (Å²) in [5.74, 6) is 0. The van der Waals surface area contributed by atoms with Crippen molar-refractivity contribution in [3.8, 4) is 0 Å². The van der Waals surface area contributed by atoms with Gasteiger partial charge in [-0.05, 0) is 13.0 Å². The third kappa shape index (κ3) is 9.89. The molecule has 0 fully saturated rings. The normalized spacial score (nSPS) is 10.5. The molecule has 0 saturated heterocycles. The van der Waals surface area contributed by atoms with Gasteiger partial charge in [-0.15, -0.1) is 0 Å². The summed E-state index contributed by atoms with van der Waals surface area (Å²) in [5, 5.41) is 2.68. The number of rotatable bonds is 9. The van der Waals surface area contributed by atoms with Crippen LogP contribution in [0.1, 0.15) is 51.9 Å². The van der Waals surface area contributed by atoms with Crippen molar-refractivity contribution in [2.45, 2.75) is 51.9 Å². The van der Waals surface area contributed by atoms with Crippen LogP contribution in [0.3, 0.4) is 0 Å². The van der Waals surface area contributed by atoms with Gasteiger partial charge in [0.2, 0.25) is 0 Å². The Morgan fingerprint density at radius 2 is 1.50 bits per heavy atom. The number of hydrogen-bond acceptors (Lipinski definition) is 1. The summed E-state index contributed by atoms with van der Waals surface area (Å²) >= 11 is 0. The molecule has 1 nitrogen and oxygen atoms in total. The lowest BCUT2D eigenvalue weighted by Gasteiger charge is -2.00. The second-order valence-corrected chi connectivity index (χ2v) is 3.25. The quantitative estimate of drug-likeness (QED) is 0.419. The molecule has 0 unspecified atom stereocenters. The molecular weight excluding hydrogens is 153 g/mol. The maximum Gasteiger partial charge on any atom is 0.140 e. The van der Waals surface area contributed by atoms with E-state index in [2.05, 4.69) is 12.2 Å². The summed E-state index contributed by atoms with van der Waals surface area (Å²) in [6.07, 6.45) is 9.07. The Balaban J connectivity index is 2.73. The Morgan fingerprint density at radius 1 is 0.917 bits per heavy atom. The van der Waals surface area contributed by atoms with Gasteiger partial charge in [-0.25, -0.2) is 4.39 Å². The van der Waals surface area contributed by atoms with E-state index in [1.165, 1.54) is 38.5 Å². The molecule has 0 spiro atoms. The van der Waals surface area contributed by atoms with Gasteiger partial charge in [0.05, 0.1) is 0 Å². The van der Waals surface area contributed by atoms with Crippen LogP contribution in [0.5, 0.6) is 0 Å². The zero-order valence-corrected chi connectivity index (χ0v) is 8.24. The van der Waals surface area contributed by atoms with E-state index in [0.717, 1.165) is 13.0 Å². The first-order valence-electron chi connectivity index (χ1n) is 5.18. The first-order chi connectivity index (χ1) is 5.91. The molecule has 0 aromatic carbocycles. The van der Waals surface area contributed by atoms with Crippen LogP contribution >= 0.6 is 0 Å². The molecule has 0 aliphatic rings. The van der Waals surface area contributed by atoms with Gasteiger partial charge in [0.25, 0.3) is 0 Å². The van der Waals surface area contributed by atoms with Crippen LogP contribution in [-0.4, -0.2) is 13.3 Å². The maximum absolute atomic E-state index is 11.6. The third-order valence-electron chi connectivity index (χ3n) is 2.05. The van der Waals surface area contributed by atoms with Crippen molar-refractivity contribution >= 4 is 0 Å². The fourth-order valence-corrected chi connectivity index (χ4v) is 1.27. The lowest BCUT2D eigenvalue weighted by Crippen LogP contribution is -2.12. The average Bonchev–Trinajstić information content (AvgIpc) is 2.10. The number of alkyl halides is 1. The monoisotopic (exact) mass is 175 g/mol. The molecule has 1 N–H and O–H groups in total. The van der Waals surface area contributed by atoms with Crippen LogP contribution in [-0.2, 0) is 0 Å². The zero-order chi connectivity index (χ0) is 9.07. The van der Waals surface area contributed by atoms with Crippen LogP contribution < -0.4 is 5.32 Å². The molecule has 0 rings (SSSR count). The third-order valence-corrected chi connectivity index (χ3v) is 2.05. The van der Waals surface area contributed by atoms with E-state index >= 15 is 0 Å². The fourth-order valence-electron chi connectivity index (χ4n) is 1.27. The summed E-state index contributed by atoms with van der Waals surface area (Å²) < 4.78 is 11.6. The Kier molecular flexibility index (Phi) is 10.8. The van der Waals surface area contributed by atoms with Gasteiger partial charge in [-0.1, -0.05) is 45.4 Å². The molecule has 74 valence electrons. The van der Waals surface area contributed by atoms with E-state index in [9.17, 15) is 4.39 Å². The molecule has 0 aromatic heterocycles. The van der Waals surface area contributed by atoms with Gasteiger partial charge in [-0.3, -0.25) is 5.32 Å². The first-order valence-corrected chi connectivity index (χ1v) is 5.18. The molecule has 12 heavy (non-hydrogen) atoms. The molecule has 2 heteroatoms. The molecule has 0 saturated carbocycles. The van der Waals surface area contributed by atoms with Gasteiger partial charge in [0, 0.05) is 0 Å². The summed E-state index contributed by atoms with van der Waals surface area (Å²) in [5.41, 5.74) is 0. The molecule has 0 bridgehead atoms. The zero-order valence-electron chi connectivity index (χ0n) is 8.24. The van der Waals surface area contributed by atoms with Crippen molar-refractivity contribution in [1.29, 1.82) is 0 Å². The van der Waals surface area contributed by atoms with Crippen LogP contribution in [0.25, 0.3) is 0 Å². The highest BCUT2D eigenvalue weighted by Gasteiger charge is 1.89. The summed E-state index contributed by atoms with van der Waals surface area (Å²) in [4.78, 5) is 0. The SMILES string of the molecule is CCCCCCCCCNCF.